The zero-order valence-corrected chi connectivity index (χ0v) is 17.6. The number of carbonyl (C=O) groups is 1. The molecule has 5 rings (SSSR count). The van der Waals surface area contributed by atoms with Gasteiger partial charge in [0, 0.05) is 51.2 Å². The molecule has 0 unspecified atom stereocenters. The minimum absolute atomic E-state index is 0.00862. The van der Waals surface area contributed by atoms with Crippen LogP contribution in [0.2, 0.25) is 0 Å². The summed E-state index contributed by atoms with van der Waals surface area (Å²) in [5.41, 5.74) is 3.93. The van der Waals surface area contributed by atoms with Crippen LogP contribution in [0.3, 0.4) is 0 Å². The van der Waals surface area contributed by atoms with Crippen molar-refractivity contribution in [2.24, 2.45) is 7.05 Å². The predicted molar refractivity (Wildman–Crippen MR) is 119 cm³/mol. The van der Waals surface area contributed by atoms with Gasteiger partial charge in [-0.1, -0.05) is 30.3 Å². The van der Waals surface area contributed by atoms with Crippen LogP contribution in [0.4, 0.5) is 5.95 Å². The number of hydrogen-bond donors (Lipinski definition) is 0. The first-order chi connectivity index (χ1) is 15.1. The highest BCUT2D eigenvalue weighted by atomic mass is 16.2. The van der Waals surface area contributed by atoms with Crippen molar-refractivity contribution in [2.75, 3.05) is 31.1 Å². The Labute approximate surface area is 180 Å². The van der Waals surface area contributed by atoms with Gasteiger partial charge in [-0.25, -0.2) is 15.0 Å². The van der Waals surface area contributed by atoms with E-state index in [1.54, 1.807) is 23.1 Å². The molecule has 0 N–H and O–H groups in total. The second kappa shape index (κ2) is 7.79. The van der Waals surface area contributed by atoms with Crippen molar-refractivity contribution in [3.8, 4) is 11.3 Å². The summed E-state index contributed by atoms with van der Waals surface area (Å²) < 4.78 is 1.75. The number of benzene rings is 1. The molecule has 0 spiro atoms. The van der Waals surface area contributed by atoms with Crippen molar-refractivity contribution in [3.05, 3.63) is 66.1 Å². The van der Waals surface area contributed by atoms with Crippen LogP contribution in [0.5, 0.6) is 0 Å². The molecule has 31 heavy (non-hydrogen) atoms. The Bertz CT molecular complexity index is 1230. The van der Waals surface area contributed by atoms with Crippen LogP contribution in [0.1, 0.15) is 16.1 Å². The van der Waals surface area contributed by atoms with E-state index in [1.807, 2.05) is 55.3 Å². The number of rotatable bonds is 3. The maximum Gasteiger partial charge on any atom is 0.254 e. The van der Waals surface area contributed by atoms with Crippen LogP contribution in [0.25, 0.3) is 22.3 Å². The van der Waals surface area contributed by atoms with Crippen LogP contribution in [0, 0.1) is 6.92 Å². The van der Waals surface area contributed by atoms with Gasteiger partial charge in [0.2, 0.25) is 5.95 Å². The lowest BCUT2D eigenvalue weighted by Crippen LogP contribution is -2.49. The maximum absolute atomic E-state index is 13.6. The molecule has 8 heteroatoms. The molecule has 0 radical (unpaired) electrons. The zero-order chi connectivity index (χ0) is 21.4. The molecule has 0 atom stereocenters. The number of pyridine rings is 1. The first-order valence-electron chi connectivity index (χ1n) is 10.3. The molecule has 3 aromatic heterocycles. The molecule has 1 saturated heterocycles. The van der Waals surface area contributed by atoms with Crippen molar-refractivity contribution in [1.82, 2.24) is 29.6 Å². The number of anilines is 1. The number of fused-ring (bicyclic) bond motifs is 1. The third kappa shape index (κ3) is 3.50. The second-order valence-corrected chi connectivity index (χ2v) is 7.66. The van der Waals surface area contributed by atoms with E-state index in [1.165, 1.54) is 0 Å². The van der Waals surface area contributed by atoms with Gasteiger partial charge < -0.3 is 9.80 Å². The Hall–Kier alpha value is -3.81. The summed E-state index contributed by atoms with van der Waals surface area (Å²) in [6, 6.07) is 13.6. The van der Waals surface area contributed by atoms with Gasteiger partial charge in [0.05, 0.1) is 22.3 Å². The van der Waals surface area contributed by atoms with Crippen LogP contribution in [-0.4, -0.2) is 61.7 Å². The van der Waals surface area contributed by atoms with Gasteiger partial charge in [-0.15, -0.1) is 0 Å². The summed E-state index contributed by atoms with van der Waals surface area (Å²) in [6.45, 7) is 4.54. The van der Waals surface area contributed by atoms with Crippen molar-refractivity contribution in [1.29, 1.82) is 0 Å². The summed E-state index contributed by atoms with van der Waals surface area (Å²) in [4.78, 5) is 31.1. The van der Waals surface area contributed by atoms with Gasteiger partial charge in [0.1, 0.15) is 0 Å². The van der Waals surface area contributed by atoms with Crippen molar-refractivity contribution < 1.29 is 4.79 Å². The number of piperazine rings is 1. The van der Waals surface area contributed by atoms with E-state index in [4.69, 9.17) is 4.98 Å². The molecule has 1 amide bonds. The quantitative estimate of drug-likeness (QED) is 0.514. The molecule has 4 aromatic rings. The van der Waals surface area contributed by atoms with Crippen LogP contribution < -0.4 is 4.90 Å². The fourth-order valence-corrected chi connectivity index (χ4v) is 4.10. The van der Waals surface area contributed by atoms with Gasteiger partial charge in [0.15, 0.2) is 5.65 Å². The summed E-state index contributed by atoms with van der Waals surface area (Å²) >= 11 is 0. The highest BCUT2D eigenvalue weighted by molar-refractivity contribution is 6.07. The van der Waals surface area contributed by atoms with E-state index in [-0.39, 0.29) is 5.91 Å². The highest BCUT2D eigenvalue weighted by Crippen LogP contribution is 2.28. The molecule has 1 aliphatic heterocycles. The van der Waals surface area contributed by atoms with Gasteiger partial charge in [0.25, 0.3) is 5.91 Å². The molecule has 0 saturated carbocycles. The van der Waals surface area contributed by atoms with Gasteiger partial charge in [-0.05, 0) is 19.1 Å². The van der Waals surface area contributed by atoms with Crippen LogP contribution >= 0.6 is 0 Å². The monoisotopic (exact) mass is 413 g/mol. The van der Waals surface area contributed by atoms with E-state index in [2.05, 4.69) is 20.0 Å². The minimum atomic E-state index is 0.00862. The molecular formula is C23H23N7O. The first-order valence-corrected chi connectivity index (χ1v) is 10.3. The van der Waals surface area contributed by atoms with Crippen molar-refractivity contribution in [2.45, 2.75) is 6.92 Å². The lowest BCUT2D eigenvalue weighted by molar-refractivity contribution is 0.0748. The summed E-state index contributed by atoms with van der Waals surface area (Å²) in [6.07, 6.45) is 3.48. The Kier molecular flexibility index (Phi) is 4.82. The van der Waals surface area contributed by atoms with Crippen LogP contribution in [0.15, 0.2) is 54.9 Å². The Morgan fingerprint density at radius 1 is 0.968 bits per heavy atom. The molecule has 1 aliphatic rings. The Morgan fingerprint density at radius 3 is 2.39 bits per heavy atom. The van der Waals surface area contributed by atoms with Gasteiger partial charge >= 0.3 is 0 Å². The topological polar surface area (TPSA) is 80.0 Å². The Morgan fingerprint density at radius 2 is 1.68 bits per heavy atom. The standard InChI is InChI=1S/C23H23N7O/c1-16-20-18(15-19(17-7-4-3-5-8-17)26-21(20)28(2)27-16)22(31)29-11-13-30(14-12-29)23-24-9-6-10-25-23/h3-10,15H,11-14H2,1-2H3. The number of hydrogen-bond acceptors (Lipinski definition) is 6. The molecule has 0 aliphatic carbocycles. The number of amides is 1. The fourth-order valence-electron chi connectivity index (χ4n) is 4.10. The van der Waals surface area contributed by atoms with Gasteiger partial charge in [-0.3, -0.25) is 9.48 Å². The lowest BCUT2D eigenvalue weighted by Gasteiger charge is -2.34. The first kappa shape index (κ1) is 19.2. The molecule has 0 bridgehead atoms. The fraction of sp³-hybridized carbons (Fsp3) is 0.261. The van der Waals surface area contributed by atoms with E-state index >= 15 is 0 Å². The molecular weight excluding hydrogens is 390 g/mol. The molecule has 8 nitrogen and oxygen atoms in total. The lowest BCUT2D eigenvalue weighted by atomic mass is 10.0. The molecule has 4 heterocycles. The molecule has 1 fully saturated rings. The van der Waals surface area contributed by atoms with E-state index in [9.17, 15) is 4.79 Å². The summed E-state index contributed by atoms with van der Waals surface area (Å²) in [5.74, 6) is 0.713. The average molecular weight is 413 g/mol. The van der Waals surface area contributed by atoms with Gasteiger partial charge in [-0.2, -0.15) is 5.10 Å². The zero-order valence-electron chi connectivity index (χ0n) is 17.6. The number of carbonyl (C=O) groups excluding carboxylic acids is 1. The smallest absolute Gasteiger partial charge is 0.254 e. The number of aryl methyl sites for hydroxylation is 2. The third-order valence-corrected chi connectivity index (χ3v) is 5.67. The highest BCUT2D eigenvalue weighted by Gasteiger charge is 2.27. The van der Waals surface area contributed by atoms with E-state index in [0.717, 1.165) is 28.0 Å². The number of aromatic nitrogens is 5. The van der Waals surface area contributed by atoms with E-state index < -0.39 is 0 Å². The van der Waals surface area contributed by atoms with Crippen LogP contribution in [-0.2, 0) is 7.05 Å². The summed E-state index contributed by atoms with van der Waals surface area (Å²) in [5, 5.41) is 5.34. The summed E-state index contributed by atoms with van der Waals surface area (Å²) in [7, 11) is 1.87. The van der Waals surface area contributed by atoms with Crippen molar-refractivity contribution in [3.63, 3.8) is 0 Å². The Balaban J connectivity index is 1.48. The molecule has 1 aromatic carbocycles. The largest absolute Gasteiger partial charge is 0.337 e. The normalized spacial score (nSPS) is 14.3. The number of nitrogens with zero attached hydrogens (tertiary/aromatic N) is 7. The SMILES string of the molecule is Cc1nn(C)c2nc(-c3ccccc3)cc(C(=O)N3CCN(c4ncccn4)CC3)c12. The average Bonchev–Trinajstić information content (AvgIpc) is 3.12. The minimum Gasteiger partial charge on any atom is -0.337 e. The molecule has 156 valence electrons. The maximum atomic E-state index is 13.6. The second-order valence-electron chi connectivity index (χ2n) is 7.66. The van der Waals surface area contributed by atoms with E-state index in [0.29, 0.717) is 37.7 Å². The van der Waals surface area contributed by atoms with Crippen molar-refractivity contribution >= 4 is 22.9 Å². The predicted octanol–water partition coefficient (Wildman–Crippen LogP) is 2.70. The third-order valence-electron chi connectivity index (χ3n) is 5.67.